The Morgan fingerprint density at radius 1 is 1.08 bits per heavy atom. The van der Waals surface area contributed by atoms with Gasteiger partial charge in [0.1, 0.15) is 12.4 Å². The van der Waals surface area contributed by atoms with Gasteiger partial charge >= 0.3 is 0 Å². The average Bonchev–Trinajstić information content (AvgIpc) is 2.61. The molecule has 3 rings (SSSR count). The Hall–Kier alpha value is -2.66. The molecular formula is C19H15BrN2O2. The molecule has 1 amide bonds. The number of aromatic nitrogens is 1. The monoisotopic (exact) mass is 382 g/mol. The molecule has 0 saturated heterocycles. The van der Waals surface area contributed by atoms with Crippen LogP contribution in [0.1, 0.15) is 15.9 Å². The zero-order valence-corrected chi connectivity index (χ0v) is 14.4. The number of carbonyl (C=O) groups excluding carboxylic acids is 1. The van der Waals surface area contributed by atoms with E-state index in [2.05, 4.69) is 26.2 Å². The van der Waals surface area contributed by atoms with Crippen LogP contribution in [0.2, 0.25) is 0 Å². The van der Waals surface area contributed by atoms with E-state index in [9.17, 15) is 4.79 Å². The van der Waals surface area contributed by atoms with Crippen molar-refractivity contribution < 1.29 is 9.53 Å². The van der Waals surface area contributed by atoms with Gasteiger partial charge in [0.2, 0.25) is 0 Å². The fourth-order valence-electron chi connectivity index (χ4n) is 2.12. The number of rotatable bonds is 5. The van der Waals surface area contributed by atoms with E-state index in [-0.39, 0.29) is 5.91 Å². The highest BCUT2D eigenvalue weighted by atomic mass is 79.9. The van der Waals surface area contributed by atoms with Gasteiger partial charge in [-0.05, 0) is 48.5 Å². The highest BCUT2D eigenvalue weighted by Gasteiger charge is 2.06. The van der Waals surface area contributed by atoms with Crippen molar-refractivity contribution in [2.45, 2.75) is 6.61 Å². The van der Waals surface area contributed by atoms with Gasteiger partial charge in [0.25, 0.3) is 5.91 Å². The summed E-state index contributed by atoms with van der Waals surface area (Å²) >= 11 is 3.38. The Morgan fingerprint density at radius 3 is 2.62 bits per heavy atom. The van der Waals surface area contributed by atoms with Crippen LogP contribution in [0.3, 0.4) is 0 Å². The van der Waals surface area contributed by atoms with Gasteiger partial charge in [0.15, 0.2) is 0 Å². The summed E-state index contributed by atoms with van der Waals surface area (Å²) in [7, 11) is 0. The number of halogens is 1. The second-order valence-electron chi connectivity index (χ2n) is 5.14. The van der Waals surface area contributed by atoms with Gasteiger partial charge in [0, 0.05) is 33.7 Å². The van der Waals surface area contributed by atoms with Crippen molar-refractivity contribution in [3.63, 3.8) is 0 Å². The molecule has 0 fully saturated rings. The zero-order valence-electron chi connectivity index (χ0n) is 12.8. The summed E-state index contributed by atoms with van der Waals surface area (Å²) in [5.41, 5.74) is 2.31. The minimum Gasteiger partial charge on any atom is -0.489 e. The number of carbonyl (C=O) groups is 1. The molecule has 0 atom stereocenters. The SMILES string of the molecule is O=C(Nc1cccc(Br)c1)c1ccc(OCc2cccnc2)cc1. The van der Waals surface area contributed by atoms with Gasteiger partial charge < -0.3 is 10.1 Å². The van der Waals surface area contributed by atoms with Crippen LogP contribution in [0.5, 0.6) is 5.75 Å². The number of hydrogen-bond donors (Lipinski definition) is 1. The normalized spacial score (nSPS) is 10.2. The highest BCUT2D eigenvalue weighted by molar-refractivity contribution is 9.10. The molecule has 0 bridgehead atoms. The van der Waals surface area contributed by atoms with Gasteiger partial charge in [-0.1, -0.05) is 28.1 Å². The molecule has 0 aliphatic rings. The maximum absolute atomic E-state index is 12.2. The number of hydrogen-bond acceptors (Lipinski definition) is 3. The second kappa shape index (κ2) is 7.75. The number of amides is 1. The molecule has 0 aliphatic heterocycles. The molecule has 24 heavy (non-hydrogen) atoms. The van der Waals surface area contributed by atoms with Crippen LogP contribution in [-0.2, 0) is 6.61 Å². The summed E-state index contributed by atoms with van der Waals surface area (Å²) in [5.74, 6) is 0.546. The Labute approximate surface area is 148 Å². The molecule has 2 aromatic carbocycles. The van der Waals surface area contributed by atoms with Crippen molar-refractivity contribution in [1.29, 1.82) is 0 Å². The first-order valence-electron chi connectivity index (χ1n) is 7.39. The van der Waals surface area contributed by atoms with Gasteiger partial charge in [-0.25, -0.2) is 0 Å². The number of pyridine rings is 1. The Balaban J connectivity index is 1.60. The van der Waals surface area contributed by atoms with Crippen molar-refractivity contribution in [2.24, 2.45) is 0 Å². The van der Waals surface area contributed by atoms with E-state index in [0.29, 0.717) is 17.9 Å². The fourth-order valence-corrected chi connectivity index (χ4v) is 2.52. The van der Waals surface area contributed by atoms with Gasteiger partial charge in [-0.2, -0.15) is 0 Å². The lowest BCUT2D eigenvalue weighted by Gasteiger charge is -2.08. The summed E-state index contributed by atoms with van der Waals surface area (Å²) in [6.07, 6.45) is 3.49. The van der Waals surface area contributed by atoms with Crippen LogP contribution >= 0.6 is 15.9 Å². The van der Waals surface area contributed by atoms with Crippen LogP contribution in [0.4, 0.5) is 5.69 Å². The number of nitrogens with one attached hydrogen (secondary N) is 1. The van der Waals surface area contributed by atoms with E-state index in [1.165, 1.54) is 0 Å². The molecule has 4 nitrogen and oxygen atoms in total. The van der Waals surface area contributed by atoms with E-state index in [4.69, 9.17) is 4.74 Å². The highest BCUT2D eigenvalue weighted by Crippen LogP contribution is 2.18. The lowest BCUT2D eigenvalue weighted by Crippen LogP contribution is -2.11. The summed E-state index contributed by atoms with van der Waals surface area (Å²) in [5, 5.41) is 2.86. The van der Waals surface area contributed by atoms with E-state index < -0.39 is 0 Å². The second-order valence-corrected chi connectivity index (χ2v) is 6.05. The largest absolute Gasteiger partial charge is 0.489 e. The van der Waals surface area contributed by atoms with Crippen molar-refractivity contribution in [3.8, 4) is 5.75 Å². The lowest BCUT2D eigenvalue weighted by atomic mass is 10.2. The van der Waals surface area contributed by atoms with Gasteiger partial charge in [-0.15, -0.1) is 0 Å². The third-order valence-corrected chi connectivity index (χ3v) is 3.82. The summed E-state index contributed by atoms with van der Waals surface area (Å²) in [6, 6.07) is 18.3. The van der Waals surface area contributed by atoms with E-state index >= 15 is 0 Å². The van der Waals surface area contributed by atoms with Crippen molar-refractivity contribution in [2.75, 3.05) is 5.32 Å². The van der Waals surface area contributed by atoms with Crippen LogP contribution in [0.25, 0.3) is 0 Å². The molecule has 0 radical (unpaired) electrons. The Bertz CT molecular complexity index is 820. The summed E-state index contributed by atoms with van der Waals surface area (Å²) in [4.78, 5) is 16.3. The molecule has 0 saturated carbocycles. The first kappa shape index (κ1) is 16.2. The van der Waals surface area contributed by atoms with Crippen LogP contribution in [0, 0.1) is 0 Å². The third kappa shape index (κ3) is 4.43. The van der Waals surface area contributed by atoms with E-state index in [1.54, 1.807) is 36.7 Å². The molecule has 0 spiro atoms. The molecule has 0 aliphatic carbocycles. The topological polar surface area (TPSA) is 51.2 Å². The zero-order chi connectivity index (χ0) is 16.8. The molecule has 1 aromatic heterocycles. The first-order chi connectivity index (χ1) is 11.7. The molecule has 5 heteroatoms. The van der Waals surface area contributed by atoms with E-state index in [0.717, 1.165) is 15.7 Å². The minimum atomic E-state index is -0.160. The summed E-state index contributed by atoms with van der Waals surface area (Å²) in [6.45, 7) is 0.442. The number of benzene rings is 2. The number of nitrogens with zero attached hydrogens (tertiary/aromatic N) is 1. The first-order valence-corrected chi connectivity index (χ1v) is 8.19. The number of ether oxygens (including phenoxy) is 1. The fraction of sp³-hybridized carbons (Fsp3) is 0.0526. The minimum absolute atomic E-state index is 0.160. The average molecular weight is 383 g/mol. The van der Waals surface area contributed by atoms with Gasteiger partial charge in [0.05, 0.1) is 0 Å². The molecule has 120 valence electrons. The quantitative estimate of drug-likeness (QED) is 0.696. The third-order valence-electron chi connectivity index (χ3n) is 3.33. The molecule has 3 aromatic rings. The van der Waals surface area contributed by atoms with E-state index in [1.807, 2.05) is 36.4 Å². The van der Waals surface area contributed by atoms with Gasteiger partial charge in [-0.3, -0.25) is 9.78 Å². The standard InChI is InChI=1S/C19H15BrN2O2/c20-16-4-1-5-17(11-16)22-19(23)15-6-8-18(9-7-15)24-13-14-3-2-10-21-12-14/h1-12H,13H2,(H,22,23). The maximum Gasteiger partial charge on any atom is 0.255 e. The smallest absolute Gasteiger partial charge is 0.255 e. The maximum atomic E-state index is 12.2. The van der Waals surface area contributed by atoms with Crippen LogP contribution < -0.4 is 10.1 Å². The predicted molar refractivity (Wildman–Crippen MR) is 97.1 cm³/mol. The van der Waals surface area contributed by atoms with Crippen molar-refractivity contribution in [3.05, 3.63) is 88.7 Å². The Morgan fingerprint density at radius 2 is 1.92 bits per heavy atom. The number of anilines is 1. The predicted octanol–water partition coefficient (Wildman–Crippen LogP) is 4.68. The van der Waals surface area contributed by atoms with Crippen LogP contribution in [-0.4, -0.2) is 10.9 Å². The molecule has 1 N–H and O–H groups in total. The van der Waals surface area contributed by atoms with Crippen molar-refractivity contribution in [1.82, 2.24) is 4.98 Å². The molecular weight excluding hydrogens is 368 g/mol. The van der Waals surface area contributed by atoms with Crippen LogP contribution in [0.15, 0.2) is 77.5 Å². The molecule has 1 heterocycles. The molecule has 0 unspecified atom stereocenters. The lowest BCUT2D eigenvalue weighted by molar-refractivity contribution is 0.102. The van der Waals surface area contributed by atoms with Crippen molar-refractivity contribution >= 4 is 27.5 Å². The Kier molecular flexibility index (Phi) is 5.23. The summed E-state index contributed by atoms with van der Waals surface area (Å²) < 4.78 is 6.60.